The number of hydrogen-bond acceptors (Lipinski definition) is 3. The first-order chi connectivity index (χ1) is 16.7. The number of fused-ring (bicyclic) bond motifs is 8. The predicted molar refractivity (Wildman–Crippen MR) is 140 cm³/mol. The van der Waals surface area contributed by atoms with E-state index in [0.717, 1.165) is 62.6 Å². The number of nitrogens with one attached hydrogen (secondary N) is 1. The minimum Gasteiger partial charge on any atom is -0.481 e. The first-order valence-corrected chi connectivity index (χ1v) is 14.3. The van der Waals surface area contributed by atoms with Crippen LogP contribution in [0.2, 0.25) is 0 Å². The molecule has 0 spiro atoms. The molecule has 4 fully saturated rings. The van der Waals surface area contributed by atoms with Crippen LogP contribution < -0.4 is 5.63 Å². The van der Waals surface area contributed by atoms with Crippen molar-refractivity contribution in [3.05, 3.63) is 33.8 Å². The molecule has 0 radical (unpaired) electrons. The first-order valence-electron chi connectivity index (χ1n) is 14.3. The van der Waals surface area contributed by atoms with Crippen LogP contribution in [0.1, 0.15) is 104 Å². The van der Waals surface area contributed by atoms with E-state index in [1.807, 2.05) is 0 Å². The van der Waals surface area contributed by atoms with Crippen LogP contribution in [0.25, 0.3) is 0 Å². The van der Waals surface area contributed by atoms with E-state index in [1.165, 1.54) is 12.0 Å². The molecule has 1 aromatic heterocycles. The van der Waals surface area contributed by atoms with E-state index < -0.39 is 11.4 Å². The molecule has 5 heteroatoms. The molecule has 0 amide bonds. The van der Waals surface area contributed by atoms with Gasteiger partial charge in [0.2, 0.25) is 0 Å². The Kier molecular flexibility index (Phi) is 4.91. The Hall–Kier alpha value is -1.78. The van der Waals surface area contributed by atoms with Gasteiger partial charge < -0.3 is 9.63 Å². The van der Waals surface area contributed by atoms with Crippen molar-refractivity contribution in [1.29, 1.82) is 0 Å². The number of allylic oxidation sites excluding steroid dienone is 1. The fourth-order valence-electron chi connectivity index (χ4n) is 11.9. The van der Waals surface area contributed by atoms with Gasteiger partial charge in [-0.3, -0.25) is 4.79 Å². The highest BCUT2D eigenvalue weighted by Crippen LogP contribution is 2.77. The Balaban J connectivity index is 1.45. The van der Waals surface area contributed by atoms with Gasteiger partial charge in [0.25, 0.3) is 0 Å². The Morgan fingerprint density at radius 1 is 0.972 bits per heavy atom. The van der Waals surface area contributed by atoms with Crippen molar-refractivity contribution in [2.45, 2.75) is 105 Å². The van der Waals surface area contributed by atoms with Gasteiger partial charge in [0.1, 0.15) is 0 Å². The van der Waals surface area contributed by atoms with Gasteiger partial charge in [-0.25, -0.2) is 9.95 Å². The molecule has 5 aliphatic rings. The van der Waals surface area contributed by atoms with Crippen molar-refractivity contribution in [2.24, 2.45) is 51.2 Å². The fraction of sp³-hybridized carbons (Fsp3) is 0.806. The monoisotopic (exact) mass is 495 g/mol. The van der Waals surface area contributed by atoms with Crippen LogP contribution in [0.5, 0.6) is 0 Å². The standard InChI is InChI=1S/C31H45NO4/c1-17(2)18-10-13-31(26(34)35)15-14-29(6)20(23(18)31)8-9-22-28(5)16-19-24(32-36-25(19)33)27(3,4)21(28)11-12-30(22,29)7/h18,20-23,32H,1,8-16H2,2-7H3,(H,34,35)/t18-,20+,21-,22+,23+,28-,29+,30+,31-/m0/s1. The predicted octanol–water partition coefficient (Wildman–Crippen LogP) is 6.72. The summed E-state index contributed by atoms with van der Waals surface area (Å²) in [6, 6.07) is 0. The van der Waals surface area contributed by atoms with Crippen LogP contribution in [0.15, 0.2) is 21.5 Å². The third-order valence-corrected chi connectivity index (χ3v) is 13.6. The van der Waals surface area contributed by atoms with Crippen molar-refractivity contribution in [2.75, 3.05) is 0 Å². The summed E-state index contributed by atoms with van der Waals surface area (Å²) >= 11 is 0. The van der Waals surface area contributed by atoms with Crippen LogP contribution in [-0.2, 0) is 16.6 Å². The molecule has 36 heavy (non-hydrogen) atoms. The third-order valence-electron chi connectivity index (χ3n) is 13.6. The highest BCUT2D eigenvalue weighted by molar-refractivity contribution is 5.76. The van der Waals surface area contributed by atoms with Gasteiger partial charge in [-0.1, -0.05) is 46.8 Å². The van der Waals surface area contributed by atoms with Gasteiger partial charge >= 0.3 is 11.6 Å². The number of carboxylic acid groups (broad SMARTS) is 1. The summed E-state index contributed by atoms with van der Waals surface area (Å²) in [4.78, 5) is 25.6. The maximum Gasteiger partial charge on any atom is 0.360 e. The quantitative estimate of drug-likeness (QED) is 0.446. The minimum atomic E-state index is -0.579. The second kappa shape index (κ2) is 7.20. The maximum absolute atomic E-state index is 12.8. The van der Waals surface area contributed by atoms with Gasteiger partial charge in [-0.05, 0) is 111 Å². The summed E-state index contributed by atoms with van der Waals surface area (Å²) in [5, 5.41) is 13.6. The van der Waals surface area contributed by atoms with E-state index >= 15 is 0 Å². The van der Waals surface area contributed by atoms with E-state index in [4.69, 9.17) is 4.52 Å². The summed E-state index contributed by atoms with van der Waals surface area (Å²) in [7, 11) is 0. The molecule has 0 aromatic carbocycles. The van der Waals surface area contributed by atoms with Gasteiger partial charge in [0, 0.05) is 5.41 Å². The number of hydrogen-bond donors (Lipinski definition) is 2. The minimum absolute atomic E-state index is 0.0269. The molecule has 5 nitrogen and oxygen atoms in total. The average molecular weight is 496 g/mol. The highest BCUT2D eigenvalue weighted by atomic mass is 16.5. The molecule has 0 saturated heterocycles. The van der Waals surface area contributed by atoms with Crippen molar-refractivity contribution >= 4 is 5.97 Å². The second-order valence-electron chi connectivity index (χ2n) is 14.9. The van der Waals surface area contributed by atoms with Gasteiger partial charge in [0.15, 0.2) is 0 Å². The molecule has 0 aliphatic heterocycles. The summed E-state index contributed by atoms with van der Waals surface area (Å²) in [6.07, 6.45) is 8.90. The molecule has 6 rings (SSSR count). The lowest BCUT2D eigenvalue weighted by Gasteiger charge is -2.72. The lowest BCUT2D eigenvalue weighted by Crippen LogP contribution is -2.67. The Morgan fingerprint density at radius 2 is 1.69 bits per heavy atom. The number of rotatable bonds is 2. The number of carboxylic acids is 1. The highest BCUT2D eigenvalue weighted by Gasteiger charge is 2.72. The lowest BCUT2D eigenvalue weighted by molar-refractivity contribution is -0.227. The summed E-state index contributed by atoms with van der Waals surface area (Å²) in [5.41, 5.74) is 2.40. The normalized spacial score (nSPS) is 48.7. The molecule has 0 bridgehead atoms. The zero-order valence-electron chi connectivity index (χ0n) is 23.1. The Bertz CT molecular complexity index is 1190. The van der Waals surface area contributed by atoms with Crippen molar-refractivity contribution < 1.29 is 14.4 Å². The number of aromatic amines is 1. The first kappa shape index (κ1) is 24.6. The van der Waals surface area contributed by atoms with Gasteiger partial charge in [-0.2, -0.15) is 0 Å². The summed E-state index contributed by atoms with van der Waals surface area (Å²) in [6.45, 7) is 18.6. The van der Waals surface area contributed by atoms with Crippen LogP contribution in [-0.4, -0.2) is 16.2 Å². The zero-order valence-corrected chi connectivity index (χ0v) is 23.1. The summed E-state index contributed by atoms with van der Waals surface area (Å²) < 4.78 is 5.34. The number of aliphatic carboxylic acids is 1. The number of H-pyrrole nitrogens is 1. The van der Waals surface area contributed by atoms with Gasteiger partial charge in [-0.15, -0.1) is 0 Å². The largest absolute Gasteiger partial charge is 0.481 e. The lowest BCUT2D eigenvalue weighted by atomic mass is 9.32. The molecular formula is C31H45NO4. The van der Waals surface area contributed by atoms with E-state index in [9.17, 15) is 14.7 Å². The van der Waals surface area contributed by atoms with Crippen LogP contribution in [0, 0.1) is 51.2 Å². The molecule has 9 atom stereocenters. The van der Waals surface area contributed by atoms with E-state index in [1.54, 1.807) is 0 Å². The van der Waals surface area contributed by atoms with Crippen LogP contribution in [0.4, 0.5) is 0 Å². The number of aromatic nitrogens is 1. The number of carbonyl (C=O) groups is 1. The van der Waals surface area contributed by atoms with E-state index in [0.29, 0.717) is 23.7 Å². The van der Waals surface area contributed by atoms with Crippen molar-refractivity contribution in [3.8, 4) is 0 Å². The fourth-order valence-corrected chi connectivity index (χ4v) is 11.9. The SMILES string of the molecule is C=C(C)[C@@H]1CC[C@]2(C(=O)O)CC[C@]3(C)[C@H](CC[C@@H]4[C@@]5(C)Cc6c([nH]oc6=O)C(C)(C)[C@@H]5CC[C@]43C)[C@@H]12. The molecule has 5 aliphatic carbocycles. The molecule has 198 valence electrons. The van der Waals surface area contributed by atoms with Crippen LogP contribution in [0.3, 0.4) is 0 Å². The summed E-state index contributed by atoms with van der Waals surface area (Å²) in [5.74, 6) is 1.35. The van der Waals surface area contributed by atoms with Gasteiger partial charge in [0.05, 0.1) is 16.7 Å². The molecule has 1 heterocycles. The molecule has 0 unspecified atom stereocenters. The van der Waals surface area contributed by atoms with Crippen molar-refractivity contribution in [3.63, 3.8) is 0 Å². The van der Waals surface area contributed by atoms with Crippen LogP contribution >= 0.6 is 0 Å². The molecule has 1 aromatic rings. The third kappa shape index (κ3) is 2.63. The molecule has 4 saturated carbocycles. The smallest absolute Gasteiger partial charge is 0.360 e. The van der Waals surface area contributed by atoms with E-state index in [-0.39, 0.29) is 33.2 Å². The van der Waals surface area contributed by atoms with Crippen molar-refractivity contribution in [1.82, 2.24) is 5.16 Å². The second-order valence-corrected chi connectivity index (χ2v) is 14.9. The average Bonchev–Trinajstić information content (AvgIpc) is 3.36. The van der Waals surface area contributed by atoms with E-state index in [2.05, 4.69) is 53.3 Å². The Morgan fingerprint density at radius 3 is 2.36 bits per heavy atom. The maximum atomic E-state index is 12.8. The molecular weight excluding hydrogens is 450 g/mol. The Labute approximate surface area is 215 Å². The topological polar surface area (TPSA) is 83.3 Å². The zero-order chi connectivity index (χ0) is 26.1. The molecule has 2 N–H and O–H groups in total.